The maximum absolute atomic E-state index is 10.8. The number of hydrogen-bond acceptors (Lipinski definition) is 3. The van der Waals surface area contributed by atoms with E-state index in [1.54, 1.807) is 14.0 Å². The van der Waals surface area contributed by atoms with Crippen LogP contribution in [0.25, 0.3) is 0 Å². The Hall–Kier alpha value is -0.770. The van der Waals surface area contributed by atoms with Gasteiger partial charge in [0, 0.05) is 7.11 Å². The highest BCUT2D eigenvalue weighted by atomic mass is 16.6. The molecule has 0 bridgehead atoms. The van der Waals surface area contributed by atoms with Gasteiger partial charge in [-0.25, -0.2) is 4.79 Å². The Morgan fingerprint density at radius 1 is 1.55 bits per heavy atom. The highest BCUT2D eigenvalue weighted by Gasteiger charge is 2.07. The third-order valence-electron chi connectivity index (χ3n) is 1.21. The first-order chi connectivity index (χ1) is 5.24. The zero-order chi connectivity index (χ0) is 8.69. The summed E-state index contributed by atoms with van der Waals surface area (Å²) in [4.78, 5) is 10.8. The molecular formula is C7H15NO3. The summed E-state index contributed by atoms with van der Waals surface area (Å²) in [6.45, 7) is 4.06. The van der Waals surface area contributed by atoms with Crippen molar-refractivity contribution in [3.63, 3.8) is 0 Å². The van der Waals surface area contributed by atoms with Crippen molar-refractivity contribution in [2.45, 2.75) is 26.5 Å². The van der Waals surface area contributed by atoms with Crippen molar-refractivity contribution in [1.82, 2.24) is 5.32 Å². The number of ether oxygens (including phenoxy) is 2. The molecular weight excluding hydrogens is 146 g/mol. The third-order valence-corrected chi connectivity index (χ3v) is 1.21. The van der Waals surface area contributed by atoms with Gasteiger partial charge >= 0.3 is 6.09 Å². The lowest BCUT2D eigenvalue weighted by atomic mass is 10.4. The molecule has 0 fully saturated rings. The second kappa shape index (κ2) is 5.97. The highest BCUT2D eigenvalue weighted by molar-refractivity contribution is 5.67. The summed E-state index contributed by atoms with van der Waals surface area (Å²) in [5.74, 6) is 0. The van der Waals surface area contributed by atoms with Crippen molar-refractivity contribution < 1.29 is 14.3 Å². The zero-order valence-electron chi connectivity index (χ0n) is 7.22. The highest BCUT2D eigenvalue weighted by Crippen LogP contribution is 1.91. The number of carbonyl (C=O) groups is 1. The van der Waals surface area contributed by atoms with Crippen LogP contribution >= 0.6 is 0 Å². The van der Waals surface area contributed by atoms with Gasteiger partial charge < -0.3 is 9.47 Å². The van der Waals surface area contributed by atoms with Gasteiger partial charge in [-0.15, -0.1) is 0 Å². The Labute approximate surface area is 66.9 Å². The van der Waals surface area contributed by atoms with E-state index < -0.39 is 6.09 Å². The van der Waals surface area contributed by atoms with Crippen LogP contribution in [0, 0.1) is 0 Å². The molecule has 1 N–H and O–H groups in total. The lowest BCUT2D eigenvalue weighted by Crippen LogP contribution is -2.35. The van der Waals surface area contributed by atoms with Gasteiger partial charge in [0.2, 0.25) is 0 Å². The van der Waals surface area contributed by atoms with Crippen molar-refractivity contribution in [3.05, 3.63) is 0 Å². The molecule has 1 amide bonds. The van der Waals surface area contributed by atoms with Crippen LogP contribution in [-0.2, 0) is 9.47 Å². The van der Waals surface area contributed by atoms with Gasteiger partial charge in [-0.1, -0.05) is 6.92 Å². The molecule has 0 rings (SSSR count). The maximum atomic E-state index is 10.8. The summed E-state index contributed by atoms with van der Waals surface area (Å²) >= 11 is 0. The number of alkyl carbamates (subject to hydrolysis) is 1. The fourth-order valence-electron chi connectivity index (χ4n) is 0.632. The molecule has 0 aromatic rings. The molecule has 4 heteroatoms. The number of methoxy groups -OCH3 is 1. The first kappa shape index (κ1) is 10.2. The van der Waals surface area contributed by atoms with Gasteiger partial charge in [0.15, 0.2) is 0 Å². The minimum absolute atomic E-state index is 0.242. The van der Waals surface area contributed by atoms with Gasteiger partial charge in [0.1, 0.15) is 6.23 Å². The third kappa shape index (κ3) is 4.61. The van der Waals surface area contributed by atoms with Gasteiger partial charge in [-0.3, -0.25) is 5.32 Å². The van der Waals surface area contributed by atoms with Crippen LogP contribution in [-0.4, -0.2) is 26.0 Å². The van der Waals surface area contributed by atoms with Crippen LogP contribution < -0.4 is 5.32 Å². The molecule has 4 nitrogen and oxygen atoms in total. The molecule has 0 saturated carbocycles. The molecule has 0 aliphatic carbocycles. The molecule has 11 heavy (non-hydrogen) atoms. The van der Waals surface area contributed by atoms with Crippen LogP contribution in [0.2, 0.25) is 0 Å². The second-order valence-electron chi connectivity index (χ2n) is 2.00. The number of nitrogens with one attached hydrogen (secondary N) is 1. The largest absolute Gasteiger partial charge is 0.450 e. The Morgan fingerprint density at radius 2 is 2.18 bits per heavy atom. The Kier molecular flexibility index (Phi) is 5.56. The molecule has 1 atom stereocenters. The first-order valence-electron chi connectivity index (χ1n) is 3.70. The standard InChI is InChI=1S/C7H15NO3/c1-4-6(10-3)8-7(9)11-5-2/h6H,4-5H2,1-3H3,(H,8,9). The summed E-state index contributed by atoms with van der Waals surface area (Å²) in [6, 6.07) is 0. The Bertz CT molecular complexity index is 112. The smallest absolute Gasteiger partial charge is 0.409 e. The fraction of sp³-hybridized carbons (Fsp3) is 0.857. The normalized spacial score (nSPS) is 12.3. The summed E-state index contributed by atoms with van der Waals surface area (Å²) in [6.07, 6.45) is 0.0604. The molecule has 1 unspecified atom stereocenters. The number of rotatable bonds is 4. The van der Waals surface area contributed by atoms with Crippen LogP contribution in [0.15, 0.2) is 0 Å². The van der Waals surface area contributed by atoms with E-state index in [9.17, 15) is 4.79 Å². The number of amides is 1. The lowest BCUT2D eigenvalue weighted by Gasteiger charge is -2.13. The van der Waals surface area contributed by atoms with Gasteiger partial charge in [0.25, 0.3) is 0 Å². The molecule has 66 valence electrons. The van der Waals surface area contributed by atoms with Crippen molar-refractivity contribution in [2.24, 2.45) is 0 Å². The molecule has 0 aromatic carbocycles. The van der Waals surface area contributed by atoms with E-state index in [4.69, 9.17) is 4.74 Å². The number of hydrogen-bond donors (Lipinski definition) is 1. The predicted molar refractivity (Wildman–Crippen MR) is 41.2 cm³/mol. The van der Waals surface area contributed by atoms with Crippen molar-refractivity contribution in [3.8, 4) is 0 Å². The van der Waals surface area contributed by atoms with Crippen LogP contribution in [0.3, 0.4) is 0 Å². The lowest BCUT2D eigenvalue weighted by molar-refractivity contribution is 0.0607. The van der Waals surface area contributed by atoms with Crippen molar-refractivity contribution in [2.75, 3.05) is 13.7 Å². The van der Waals surface area contributed by atoms with Gasteiger partial charge in [-0.2, -0.15) is 0 Å². The topological polar surface area (TPSA) is 47.6 Å². The monoisotopic (exact) mass is 161 g/mol. The Balaban J connectivity index is 3.54. The molecule has 0 saturated heterocycles. The van der Waals surface area contributed by atoms with E-state index >= 15 is 0 Å². The van der Waals surface area contributed by atoms with E-state index in [1.807, 2.05) is 6.92 Å². The van der Waals surface area contributed by atoms with E-state index in [0.717, 1.165) is 6.42 Å². The van der Waals surface area contributed by atoms with Crippen molar-refractivity contribution >= 4 is 6.09 Å². The predicted octanol–water partition coefficient (Wildman–Crippen LogP) is 1.11. The Morgan fingerprint density at radius 3 is 2.55 bits per heavy atom. The molecule has 0 spiro atoms. The molecule has 0 aromatic heterocycles. The minimum Gasteiger partial charge on any atom is -0.450 e. The fourth-order valence-corrected chi connectivity index (χ4v) is 0.632. The van der Waals surface area contributed by atoms with E-state index in [-0.39, 0.29) is 6.23 Å². The maximum Gasteiger partial charge on any atom is 0.409 e. The van der Waals surface area contributed by atoms with E-state index in [2.05, 4.69) is 10.1 Å². The summed E-state index contributed by atoms with van der Waals surface area (Å²) in [5, 5.41) is 2.53. The average Bonchev–Trinajstić information content (AvgIpc) is 2.01. The van der Waals surface area contributed by atoms with Crippen LogP contribution in [0.1, 0.15) is 20.3 Å². The van der Waals surface area contributed by atoms with Crippen LogP contribution in [0.5, 0.6) is 0 Å². The first-order valence-corrected chi connectivity index (χ1v) is 3.70. The van der Waals surface area contributed by atoms with Gasteiger partial charge in [-0.05, 0) is 13.3 Å². The summed E-state index contributed by atoms with van der Waals surface area (Å²) in [5.41, 5.74) is 0. The zero-order valence-corrected chi connectivity index (χ0v) is 7.22. The quantitative estimate of drug-likeness (QED) is 0.628. The molecule has 0 aliphatic heterocycles. The summed E-state index contributed by atoms with van der Waals surface area (Å²) in [7, 11) is 1.54. The second-order valence-corrected chi connectivity index (χ2v) is 2.00. The molecule has 0 aliphatic rings. The average molecular weight is 161 g/mol. The number of carbonyl (C=O) groups excluding carboxylic acids is 1. The SMILES string of the molecule is CCOC(=O)NC(CC)OC. The van der Waals surface area contributed by atoms with Gasteiger partial charge in [0.05, 0.1) is 6.61 Å². The van der Waals surface area contributed by atoms with E-state index in [0.29, 0.717) is 6.61 Å². The van der Waals surface area contributed by atoms with Crippen molar-refractivity contribution in [1.29, 1.82) is 0 Å². The minimum atomic E-state index is -0.429. The summed E-state index contributed by atoms with van der Waals surface area (Å²) < 4.78 is 9.55. The van der Waals surface area contributed by atoms with Crippen LogP contribution in [0.4, 0.5) is 4.79 Å². The molecule has 0 heterocycles. The van der Waals surface area contributed by atoms with E-state index in [1.165, 1.54) is 0 Å². The molecule has 0 radical (unpaired) electrons.